The number of nitrogens with zero attached hydrogens (tertiary/aromatic N) is 1. The lowest BCUT2D eigenvalue weighted by molar-refractivity contribution is -0.120. The highest BCUT2D eigenvalue weighted by Crippen LogP contribution is 2.27. The zero-order valence-corrected chi connectivity index (χ0v) is 17.2. The molecule has 2 aromatic carbocycles. The van der Waals surface area contributed by atoms with Gasteiger partial charge in [0.25, 0.3) is 0 Å². The Kier molecular flexibility index (Phi) is 6.05. The van der Waals surface area contributed by atoms with E-state index in [1.165, 1.54) is 5.56 Å². The number of likely N-dealkylation sites (N-methyl/N-ethyl adjacent to an activating group) is 1. The van der Waals surface area contributed by atoms with Crippen molar-refractivity contribution in [3.63, 3.8) is 0 Å². The highest BCUT2D eigenvalue weighted by Gasteiger charge is 2.17. The summed E-state index contributed by atoms with van der Waals surface area (Å²) in [7, 11) is 5.67. The number of ether oxygens (including phenoxy) is 1. The van der Waals surface area contributed by atoms with E-state index in [9.17, 15) is 4.79 Å². The number of amides is 1. The van der Waals surface area contributed by atoms with Gasteiger partial charge in [0.2, 0.25) is 5.91 Å². The number of hydrogen-bond donors (Lipinski definition) is 1. The molecule has 28 heavy (non-hydrogen) atoms. The predicted octanol–water partition coefficient (Wildman–Crippen LogP) is 4.02. The fourth-order valence-electron chi connectivity index (χ4n) is 3.40. The molecule has 0 aliphatic rings. The molecule has 0 saturated heterocycles. The van der Waals surface area contributed by atoms with E-state index in [0.717, 1.165) is 33.4 Å². The number of fused-ring (bicyclic) bond motifs is 1. The lowest BCUT2D eigenvalue weighted by Crippen LogP contribution is -2.35. The van der Waals surface area contributed by atoms with Crippen LogP contribution in [0, 0.1) is 13.8 Å². The molecule has 1 atom stereocenters. The highest BCUT2D eigenvalue weighted by molar-refractivity contribution is 5.89. The van der Waals surface area contributed by atoms with Crippen molar-refractivity contribution in [2.75, 3.05) is 27.7 Å². The first-order valence-electron chi connectivity index (χ1n) is 9.44. The minimum absolute atomic E-state index is 0.0127. The molecule has 1 heterocycles. The van der Waals surface area contributed by atoms with E-state index < -0.39 is 0 Å². The summed E-state index contributed by atoms with van der Waals surface area (Å²) in [6, 6.07) is 12.1. The van der Waals surface area contributed by atoms with E-state index in [1.807, 2.05) is 51.4 Å². The van der Waals surface area contributed by atoms with Gasteiger partial charge in [0, 0.05) is 17.5 Å². The number of nitrogens with one attached hydrogen (secondary N) is 1. The van der Waals surface area contributed by atoms with Gasteiger partial charge in [0.1, 0.15) is 11.3 Å². The zero-order chi connectivity index (χ0) is 20.3. The Hall–Kier alpha value is -2.79. The van der Waals surface area contributed by atoms with Crippen LogP contribution in [0.25, 0.3) is 11.0 Å². The third-order valence-corrected chi connectivity index (χ3v) is 5.31. The van der Waals surface area contributed by atoms with Crippen LogP contribution in [0.15, 0.2) is 47.1 Å². The van der Waals surface area contributed by atoms with Crippen molar-refractivity contribution in [2.24, 2.45) is 0 Å². The van der Waals surface area contributed by atoms with Crippen molar-refractivity contribution in [3.8, 4) is 5.75 Å². The van der Waals surface area contributed by atoms with Gasteiger partial charge in [-0.15, -0.1) is 0 Å². The van der Waals surface area contributed by atoms with Crippen LogP contribution in [0.4, 0.5) is 0 Å². The second-order valence-corrected chi connectivity index (χ2v) is 7.38. The topological polar surface area (TPSA) is 54.7 Å². The number of aryl methyl sites for hydroxylation is 2. The molecule has 0 fully saturated rings. The normalized spacial score (nSPS) is 12.4. The molecule has 0 bridgehead atoms. The van der Waals surface area contributed by atoms with Crippen LogP contribution in [0.2, 0.25) is 0 Å². The second-order valence-electron chi connectivity index (χ2n) is 7.38. The maximum atomic E-state index is 12.6. The lowest BCUT2D eigenvalue weighted by atomic mass is 10.0. The Labute approximate surface area is 166 Å². The maximum Gasteiger partial charge on any atom is 0.224 e. The Morgan fingerprint density at radius 1 is 1.14 bits per heavy atom. The van der Waals surface area contributed by atoms with Crippen LogP contribution >= 0.6 is 0 Å². The van der Waals surface area contributed by atoms with Crippen LogP contribution in [-0.2, 0) is 11.2 Å². The molecule has 3 rings (SSSR count). The van der Waals surface area contributed by atoms with E-state index in [1.54, 1.807) is 13.4 Å². The van der Waals surface area contributed by atoms with E-state index in [4.69, 9.17) is 9.15 Å². The van der Waals surface area contributed by atoms with Gasteiger partial charge in [-0.25, -0.2) is 0 Å². The first-order chi connectivity index (χ1) is 13.4. The number of carbonyl (C=O) groups is 1. The summed E-state index contributed by atoms with van der Waals surface area (Å²) in [6.07, 6.45) is 2.00. The van der Waals surface area contributed by atoms with E-state index in [2.05, 4.69) is 23.2 Å². The number of hydrogen-bond acceptors (Lipinski definition) is 4. The molecule has 0 radical (unpaired) electrons. The number of benzene rings is 2. The van der Waals surface area contributed by atoms with Gasteiger partial charge >= 0.3 is 0 Å². The fraction of sp³-hybridized carbons (Fsp3) is 0.348. The van der Waals surface area contributed by atoms with Crippen LogP contribution in [0.1, 0.15) is 28.3 Å². The molecule has 5 heteroatoms. The molecule has 1 N–H and O–H groups in total. The third-order valence-electron chi connectivity index (χ3n) is 5.31. The molecule has 0 aliphatic carbocycles. The van der Waals surface area contributed by atoms with Gasteiger partial charge in [0.15, 0.2) is 0 Å². The highest BCUT2D eigenvalue weighted by atomic mass is 16.5. The van der Waals surface area contributed by atoms with Gasteiger partial charge in [-0.1, -0.05) is 24.3 Å². The van der Waals surface area contributed by atoms with Gasteiger partial charge in [-0.05, 0) is 56.8 Å². The van der Waals surface area contributed by atoms with Crippen molar-refractivity contribution in [1.29, 1.82) is 0 Å². The largest absolute Gasteiger partial charge is 0.497 e. The van der Waals surface area contributed by atoms with Crippen molar-refractivity contribution in [1.82, 2.24) is 10.2 Å². The monoisotopic (exact) mass is 380 g/mol. The summed E-state index contributed by atoms with van der Waals surface area (Å²) >= 11 is 0. The molecule has 3 aromatic rings. The standard InChI is InChI=1S/C23H28N2O3/c1-15-6-11-20-18(14-28-23(20)16(15)2)12-22(26)24-13-21(25(3)4)17-7-9-19(27-5)10-8-17/h6-11,14,21H,12-13H2,1-5H3,(H,24,26). The van der Waals surface area contributed by atoms with Gasteiger partial charge < -0.3 is 19.4 Å². The summed E-state index contributed by atoms with van der Waals surface area (Å²) in [6.45, 7) is 4.64. The van der Waals surface area contributed by atoms with Crippen molar-refractivity contribution in [3.05, 3.63) is 64.9 Å². The van der Waals surface area contributed by atoms with Crippen molar-refractivity contribution in [2.45, 2.75) is 26.3 Å². The van der Waals surface area contributed by atoms with Gasteiger partial charge in [0.05, 0.1) is 25.8 Å². The lowest BCUT2D eigenvalue weighted by Gasteiger charge is -2.25. The predicted molar refractivity (Wildman–Crippen MR) is 112 cm³/mol. The Balaban J connectivity index is 1.67. The Morgan fingerprint density at radius 2 is 1.86 bits per heavy atom. The maximum absolute atomic E-state index is 12.6. The van der Waals surface area contributed by atoms with E-state index >= 15 is 0 Å². The van der Waals surface area contributed by atoms with Crippen molar-refractivity contribution >= 4 is 16.9 Å². The molecule has 1 aromatic heterocycles. The first kappa shape index (κ1) is 20.0. The molecule has 1 amide bonds. The van der Waals surface area contributed by atoms with Crippen LogP contribution in [-0.4, -0.2) is 38.6 Å². The summed E-state index contributed by atoms with van der Waals surface area (Å²) < 4.78 is 10.9. The minimum Gasteiger partial charge on any atom is -0.497 e. The summed E-state index contributed by atoms with van der Waals surface area (Å²) in [5.74, 6) is 0.809. The summed E-state index contributed by atoms with van der Waals surface area (Å²) in [5, 5.41) is 4.08. The minimum atomic E-state index is -0.0127. The number of carbonyl (C=O) groups excluding carboxylic acids is 1. The molecule has 0 aliphatic heterocycles. The average molecular weight is 380 g/mol. The summed E-state index contributed by atoms with van der Waals surface area (Å²) in [4.78, 5) is 14.7. The molecule has 148 valence electrons. The molecule has 5 nitrogen and oxygen atoms in total. The Morgan fingerprint density at radius 3 is 2.50 bits per heavy atom. The number of methoxy groups -OCH3 is 1. The summed E-state index contributed by atoms with van der Waals surface area (Å²) in [5.41, 5.74) is 5.22. The number of furan rings is 1. The van der Waals surface area contributed by atoms with Crippen LogP contribution in [0.5, 0.6) is 5.75 Å². The first-order valence-corrected chi connectivity index (χ1v) is 9.44. The quantitative estimate of drug-likeness (QED) is 0.673. The smallest absolute Gasteiger partial charge is 0.224 e. The molecule has 0 saturated carbocycles. The zero-order valence-electron chi connectivity index (χ0n) is 17.2. The van der Waals surface area contributed by atoms with Gasteiger partial charge in [-0.2, -0.15) is 0 Å². The molecular weight excluding hydrogens is 352 g/mol. The second kappa shape index (κ2) is 8.48. The molecule has 1 unspecified atom stereocenters. The fourth-order valence-corrected chi connectivity index (χ4v) is 3.40. The number of rotatable bonds is 7. The van der Waals surface area contributed by atoms with Crippen LogP contribution < -0.4 is 10.1 Å². The van der Waals surface area contributed by atoms with Crippen molar-refractivity contribution < 1.29 is 13.9 Å². The third kappa shape index (κ3) is 4.20. The van der Waals surface area contributed by atoms with Crippen LogP contribution in [0.3, 0.4) is 0 Å². The average Bonchev–Trinajstić information content (AvgIpc) is 3.08. The van der Waals surface area contributed by atoms with E-state index in [0.29, 0.717) is 13.0 Å². The molecular formula is C23H28N2O3. The van der Waals surface area contributed by atoms with E-state index in [-0.39, 0.29) is 11.9 Å². The Bertz CT molecular complexity index is 958. The molecule has 0 spiro atoms. The van der Waals surface area contributed by atoms with Gasteiger partial charge in [-0.3, -0.25) is 4.79 Å². The SMILES string of the molecule is COc1ccc(C(CNC(=O)Cc2coc3c(C)c(C)ccc23)N(C)C)cc1.